The van der Waals surface area contributed by atoms with Crippen LogP contribution in [-0.4, -0.2) is 46.1 Å². The molecule has 1 aliphatic carbocycles. The molecule has 1 aliphatic rings. The maximum absolute atomic E-state index is 6.13. The molecule has 6 heteroatoms. The summed E-state index contributed by atoms with van der Waals surface area (Å²) in [6, 6.07) is 0.682. The molecule has 3 rings (SSSR count). The highest BCUT2D eigenvalue weighted by atomic mass is 32.1. The van der Waals surface area contributed by atoms with E-state index in [-0.39, 0.29) is 6.10 Å². The molecule has 0 bridgehead atoms. The highest BCUT2D eigenvalue weighted by molar-refractivity contribution is 7.18. The Morgan fingerprint density at radius 2 is 2.00 bits per heavy atom. The number of hydrogen-bond acceptors (Lipinski definition) is 6. The number of nitrogens with zero attached hydrogens (tertiary/aromatic N) is 4. The van der Waals surface area contributed by atoms with Crippen molar-refractivity contribution in [2.24, 2.45) is 0 Å². The zero-order chi connectivity index (χ0) is 14.8. The SMILES string of the molecule is CCc1nc2c(O[C@H]3CC[C@H](N(C)C)CC3)ncnc2s1. The highest BCUT2D eigenvalue weighted by Gasteiger charge is 2.25. The predicted octanol–water partition coefficient (Wildman–Crippen LogP) is 2.90. The van der Waals surface area contributed by atoms with Gasteiger partial charge in [0.05, 0.1) is 5.01 Å². The minimum absolute atomic E-state index is 0.256. The average Bonchev–Trinajstić information content (AvgIpc) is 2.92. The van der Waals surface area contributed by atoms with Crippen LogP contribution in [0.25, 0.3) is 10.3 Å². The van der Waals surface area contributed by atoms with Crippen molar-refractivity contribution in [3.8, 4) is 5.88 Å². The van der Waals surface area contributed by atoms with Gasteiger partial charge >= 0.3 is 0 Å². The van der Waals surface area contributed by atoms with Gasteiger partial charge in [-0.15, -0.1) is 0 Å². The van der Waals surface area contributed by atoms with Gasteiger partial charge < -0.3 is 9.64 Å². The van der Waals surface area contributed by atoms with E-state index in [1.807, 2.05) is 0 Å². The minimum Gasteiger partial charge on any atom is -0.473 e. The van der Waals surface area contributed by atoms with E-state index in [2.05, 4.69) is 40.9 Å². The molecule has 0 N–H and O–H groups in total. The fourth-order valence-electron chi connectivity index (χ4n) is 2.85. The van der Waals surface area contributed by atoms with Crippen molar-refractivity contribution in [2.45, 2.75) is 51.2 Å². The Labute approximate surface area is 129 Å². The number of rotatable bonds is 4. The molecule has 114 valence electrons. The normalized spacial score (nSPS) is 22.9. The third kappa shape index (κ3) is 3.16. The van der Waals surface area contributed by atoms with Crippen molar-refractivity contribution in [1.82, 2.24) is 19.9 Å². The quantitative estimate of drug-likeness (QED) is 0.869. The molecule has 2 aromatic rings. The van der Waals surface area contributed by atoms with Crippen molar-refractivity contribution < 1.29 is 4.74 Å². The number of thiazole rings is 1. The average molecular weight is 306 g/mol. The van der Waals surface area contributed by atoms with Crippen LogP contribution in [0, 0.1) is 0 Å². The van der Waals surface area contributed by atoms with Gasteiger partial charge in [0.15, 0.2) is 10.3 Å². The number of hydrogen-bond donors (Lipinski definition) is 0. The summed E-state index contributed by atoms with van der Waals surface area (Å²) in [6.45, 7) is 2.11. The van der Waals surface area contributed by atoms with Gasteiger partial charge in [0, 0.05) is 6.04 Å². The summed E-state index contributed by atoms with van der Waals surface area (Å²) in [5.74, 6) is 0.657. The highest BCUT2D eigenvalue weighted by Crippen LogP contribution is 2.30. The molecule has 0 unspecified atom stereocenters. The Kier molecular flexibility index (Phi) is 4.35. The Bertz CT molecular complexity index is 605. The maximum Gasteiger partial charge on any atom is 0.244 e. The molecule has 0 spiro atoms. The molecule has 2 heterocycles. The topological polar surface area (TPSA) is 51.1 Å². The standard InChI is InChI=1S/C15H22N4OS/c1-4-12-18-13-14(16-9-17-15(13)21-12)20-11-7-5-10(6-8-11)19(2)3/h9-11H,4-8H2,1-3H3/t10-,11-. The van der Waals surface area contributed by atoms with Gasteiger partial charge in [0.1, 0.15) is 12.4 Å². The molecule has 21 heavy (non-hydrogen) atoms. The van der Waals surface area contributed by atoms with Crippen LogP contribution >= 0.6 is 11.3 Å². The predicted molar refractivity (Wildman–Crippen MR) is 84.9 cm³/mol. The van der Waals surface area contributed by atoms with Crippen LogP contribution in [0.5, 0.6) is 5.88 Å². The van der Waals surface area contributed by atoms with Crippen LogP contribution in [0.4, 0.5) is 0 Å². The van der Waals surface area contributed by atoms with Gasteiger partial charge in [-0.2, -0.15) is 4.98 Å². The lowest BCUT2D eigenvalue weighted by Crippen LogP contribution is -2.35. The molecular formula is C15H22N4OS. The van der Waals surface area contributed by atoms with Crippen LogP contribution < -0.4 is 4.74 Å². The van der Waals surface area contributed by atoms with Crippen molar-refractivity contribution >= 4 is 21.7 Å². The first-order valence-corrected chi connectivity index (χ1v) is 8.42. The van der Waals surface area contributed by atoms with Gasteiger partial charge in [-0.05, 0) is 46.2 Å². The van der Waals surface area contributed by atoms with Gasteiger partial charge in [0.2, 0.25) is 5.88 Å². The van der Waals surface area contributed by atoms with Crippen molar-refractivity contribution in [3.05, 3.63) is 11.3 Å². The molecule has 0 aromatic carbocycles. The molecular weight excluding hydrogens is 284 g/mol. The van der Waals surface area contributed by atoms with Crippen LogP contribution in [0.2, 0.25) is 0 Å². The van der Waals surface area contributed by atoms with E-state index >= 15 is 0 Å². The van der Waals surface area contributed by atoms with Crippen LogP contribution in [0.15, 0.2) is 6.33 Å². The van der Waals surface area contributed by atoms with E-state index in [4.69, 9.17) is 4.74 Å². The molecule has 0 saturated heterocycles. The van der Waals surface area contributed by atoms with Gasteiger partial charge in [-0.25, -0.2) is 9.97 Å². The first kappa shape index (κ1) is 14.7. The van der Waals surface area contributed by atoms with Crippen LogP contribution in [-0.2, 0) is 6.42 Å². The molecule has 0 aliphatic heterocycles. The lowest BCUT2D eigenvalue weighted by molar-refractivity contribution is 0.108. The van der Waals surface area contributed by atoms with Crippen molar-refractivity contribution in [1.29, 1.82) is 0 Å². The van der Waals surface area contributed by atoms with Crippen LogP contribution in [0.1, 0.15) is 37.6 Å². The molecule has 1 saturated carbocycles. The Morgan fingerprint density at radius 3 is 2.67 bits per heavy atom. The minimum atomic E-state index is 0.256. The monoisotopic (exact) mass is 306 g/mol. The first-order chi connectivity index (χ1) is 10.2. The summed E-state index contributed by atoms with van der Waals surface area (Å²) >= 11 is 1.63. The third-order valence-corrected chi connectivity index (χ3v) is 5.27. The van der Waals surface area contributed by atoms with Crippen molar-refractivity contribution in [3.63, 3.8) is 0 Å². The summed E-state index contributed by atoms with van der Waals surface area (Å²) in [5, 5.41) is 1.09. The molecule has 0 amide bonds. The second kappa shape index (κ2) is 6.23. The maximum atomic E-state index is 6.13. The zero-order valence-electron chi connectivity index (χ0n) is 12.9. The fourth-order valence-corrected chi connectivity index (χ4v) is 3.69. The number of aryl methyl sites for hydroxylation is 1. The van der Waals surface area contributed by atoms with E-state index in [0.717, 1.165) is 34.6 Å². The Hall–Kier alpha value is -1.27. The smallest absolute Gasteiger partial charge is 0.244 e. The Morgan fingerprint density at radius 1 is 1.24 bits per heavy atom. The summed E-state index contributed by atoms with van der Waals surface area (Å²) in [4.78, 5) is 16.4. The van der Waals surface area contributed by atoms with Gasteiger partial charge in [0.25, 0.3) is 0 Å². The number of fused-ring (bicyclic) bond motifs is 1. The summed E-state index contributed by atoms with van der Waals surface area (Å²) in [5.41, 5.74) is 0.828. The molecule has 0 radical (unpaired) electrons. The second-order valence-corrected chi connectivity index (χ2v) is 6.87. The first-order valence-electron chi connectivity index (χ1n) is 7.61. The zero-order valence-corrected chi connectivity index (χ0v) is 13.7. The Balaban J connectivity index is 1.72. The largest absolute Gasteiger partial charge is 0.473 e. The molecule has 5 nitrogen and oxygen atoms in total. The van der Waals surface area contributed by atoms with E-state index in [0.29, 0.717) is 11.9 Å². The number of aromatic nitrogens is 3. The van der Waals surface area contributed by atoms with E-state index in [9.17, 15) is 0 Å². The number of ether oxygens (including phenoxy) is 1. The van der Waals surface area contributed by atoms with E-state index in [1.165, 1.54) is 12.8 Å². The lowest BCUT2D eigenvalue weighted by Gasteiger charge is -2.32. The van der Waals surface area contributed by atoms with E-state index < -0.39 is 0 Å². The fraction of sp³-hybridized carbons (Fsp3) is 0.667. The summed E-state index contributed by atoms with van der Waals surface area (Å²) < 4.78 is 6.13. The third-order valence-electron chi connectivity index (χ3n) is 4.16. The lowest BCUT2D eigenvalue weighted by atomic mass is 9.92. The molecule has 2 aromatic heterocycles. The molecule has 0 atom stereocenters. The summed E-state index contributed by atoms with van der Waals surface area (Å²) in [7, 11) is 4.31. The molecule has 1 fully saturated rings. The van der Waals surface area contributed by atoms with Gasteiger partial charge in [-0.3, -0.25) is 0 Å². The van der Waals surface area contributed by atoms with Crippen LogP contribution in [0.3, 0.4) is 0 Å². The van der Waals surface area contributed by atoms with E-state index in [1.54, 1.807) is 17.7 Å². The second-order valence-electron chi connectivity index (χ2n) is 5.81. The van der Waals surface area contributed by atoms with Gasteiger partial charge in [-0.1, -0.05) is 18.3 Å². The summed E-state index contributed by atoms with van der Waals surface area (Å²) in [6.07, 6.45) is 7.30. The van der Waals surface area contributed by atoms with Crippen molar-refractivity contribution in [2.75, 3.05) is 14.1 Å².